The molecule has 14 heavy (non-hydrogen) atoms. The van der Waals surface area contributed by atoms with Crippen LogP contribution in [0.15, 0.2) is 15.9 Å². The number of thiophene rings is 1. The summed E-state index contributed by atoms with van der Waals surface area (Å²) in [6.45, 7) is 3.16. The zero-order valence-corrected chi connectivity index (χ0v) is 10.6. The van der Waals surface area contributed by atoms with Crippen LogP contribution in [0.3, 0.4) is 0 Å². The second-order valence-corrected chi connectivity index (χ2v) is 5.62. The van der Waals surface area contributed by atoms with Gasteiger partial charge in [-0.15, -0.1) is 23.7 Å². The third-order valence-electron chi connectivity index (χ3n) is 1.97. The fourth-order valence-electron chi connectivity index (χ4n) is 1.17. The maximum atomic E-state index is 5.18. The van der Waals surface area contributed by atoms with Gasteiger partial charge in [-0.05, 0) is 48.0 Å². The quantitative estimate of drug-likeness (QED) is 0.638. The molecule has 0 saturated heterocycles. The minimum Gasteiger partial charge on any atom is -0.309 e. The molecular formula is C11H14BrNS. The SMILES string of the molecule is C#CCCCNC(C)c1ccc(Br)s1. The summed E-state index contributed by atoms with van der Waals surface area (Å²) < 4.78 is 1.18. The number of nitrogens with one attached hydrogen (secondary N) is 1. The van der Waals surface area contributed by atoms with E-state index in [0.29, 0.717) is 6.04 Å². The van der Waals surface area contributed by atoms with Gasteiger partial charge in [-0.2, -0.15) is 0 Å². The van der Waals surface area contributed by atoms with Gasteiger partial charge >= 0.3 is 0 Å². The third kappa shape index (κ3) is 3.83. The molecule has 3 heteroatoms. The summed E-state index contributed by atoms with van der Waals surface area (Å²) in [5.41, 5.74) is 0. The highest BCUT2D eigenvalue weighted by Gasteiger charge is 2.06. The fourth-order valence-corrected chi connectivity index (χ4v) is 2.62. The molecule has 0 aliphatic rings. The maximum absolute atomic E-state index is 5.18. The monoisotopic (exact) mass is 271 g/mol. The van der Waals surface area contributed by atoms with E-state index >= 15 is 0 Å². The Kier molecular flexibility index (Phi) is 5.24. The number of terminal acetylenes is 1. The van der Waals surface area contributed by atoms with Crippen molar-refractivity contribution in [1.82, 2.24) is 5.32 Å². The molecule has 76 valence electrons. The number of unbranched alkanes of at least 4 members (excludes halogenated alkanes) is 1. The first-order valence-electron chi connectivity index (χ1n) is 4.66. The van der Waals surface area contributed by atoms with E-state index in [4.69, 9.17) is 6.42 Å². The van der Waals surface area contributed by atoms with Gasteiger partial charge in [0.1, 0.15) is 0 Å². The van der Waals surface area contributed by atoms with Crippen LogP contribution in [0.1, 0.15) is 30.7 Å². The van der Waals surface area contributed by atoms with Gasteiger partial charge in [0.2, 0.25) is 0 Å². The Hall–Kier alpha value is -0.300. The summed E-state index contributed by atoms with van der Waals surface area (Å²) >= 11 is 5.23. The van der Waals surface area contributed by atoms with Crippen LogP contribution in [0, 0.1) is 12.3 Å². The Balaban J connectivity index is 2.29. The Bertz CT molecular complexity index is 313. The highest BCUT2D eigenvalue weighted by atomic mass is 79.9. The second kappa shape index (κ2) is 6.23. The van der Waals surface area contributed by atoms with Gasteiger partial charge in [-0.1, -0.05) is 0 Å². The average molecular weight is 272 g/mol. The van der Waals surface area contributed by atoms with Gasteiger partial charge in [0, 0.05) is 17.3 Å². The van der Waals surface area contributed by atoms with E-state index in [-0.39, 0.29) is 0 Å². The summed E-state index contributed by atoms with van der Waals surface area (Å²) in [5, 5.41) is 3.44. The van der Waals surface area contributed by atoms with Gasteiger partial charge in [0.15, 0.2) is 0 Å². The lowest BCUT2D eigenvalue weighted by Crippen LogP contribution is -2.18. The van der Waals surface area contributed by atoms with Crippen molar-refractivity contribution < 1.29 is 0 Å². The van der Waals surface area contributed by atoms with E-state index < -0.39 is 0 Å². The fraction of sp³-hybridized carbons (Fsp3) is 0.455. The Morgan fingerprint density at radius 1 is 1.64 bits per heavy atom. The van der Waals surface area contributed by atoms with Crippen LogP contribution in [0.4, 0.5) is 0 Å². The topological polar surface area (TPSA) is 12.0 Å². The Morgan fingerprint density at radius 3 is 3.00 bits per heavy atom. The van der Waals surface area contributed by atoms with Crippen LogP contribution in [-0.4, -0.2) is 6.54 Å². The van der Waals surface area contributed by atoms with E-state index in [1.54, 1.807) is 11.3 Å². The van der Waals surface area contributed by atoms with Crippen LogP contribution < -0.4 is 5.32 Å². The van der Waals surface area contributed by atoms with Gasteiger partial charge in [0.25, 0.3) is 0 Å². The van der Waals surface area contributed by atoms with E-state index in [1.165, 1.54) is 8.66 Å². The largest absolute Gasteiger partial charge is 0.309 e. The Morgan fingerprint density at radius 2 is 2.43 bits per heavy atom. The van der Waals surface area contributed by atoms with Crippen molar-refractivity contribution >= 4 is 27.3 Å². The molecule has 0 spiro atoms. The maximum Gasteiger partial charge on any atom is 0.0701 e. The predicted molar refractivity (Wildman–Crippen MR) is 66.5 cm³/mol. The zero-order chi connectivity index (χ0) is 10.4. The lowest BCUT2D eigenvalue weighted by atomic mass is 10.2. The van der Waals surface area contributed by atoms with Crippen LogP contribution in [-0.2, 0) is 0 Å². The molecule has 1 aromatic heterocycles. The van der Waals surface area contributed by atoms with E-state index in [9.17, 15) is 0 Å². The van der Waals surface area contributed by atoms with Crippen LogP contribution >= 0.6 is 27.3 Å². The molecule has 1 atom stereocenters. The first kappa shape index (κ1) is 11.8. The number of halogens is 1. The van der Waals surface area contributed by atoms with Crippen LogP contribution in [0.5, 0.6) is 0 Å². The molecule has 1 N–H and O–H groups in total. The standard InChI is InChI=1S/C11H14BrNS/c1-3-4-5-8-13-9(2)10-6-7-11(12)14-10/h1,6-7,9,13H,4-5,8H2,2H3. The molecule has 1 unspecified atom stereocenters. The minimum atomic E-state index is 0.420. The molecule has 0 bridgehead atoms. The van der Waals surface area contributed by atoms with Gasteiger partial charge < -0.3 is 5.32 Å². The van der Waals surface area contributed by atoms with E-state index in [0.717, 1.165) is 19.4 Å². The molecule has 1 aromatic rings. The highest BCUT2D eigenvalue weighted by molar-refractivity contribution is 9.11. The van der Waals surface area contributed by atoms with E-state index in [2.05, 4.69) is 46.2 Å². The van der Waals surface area contributed by atoms with Crippen molar-refractivity contribution in [2.24, 2.45) is 0 Å². The molecule has 0 amide bonds. The summed E-state index contributed by atoms with van der Waals surface area (Å²) in [6, 6.07) is 4.65. The second-order valence-electron chi connectivity index (χ2n) is 3.13. The van der Waals surface area contributed by atoms with Gasteiger partial charge in [-0.25, -0.2) is 0 Å². The molecule has 0 aliphatic heterocycles. The lowest BCUT2D eigenvalue weighted by molar-refractivity contribution is 0.570. The average Bonchev–Trinajstić information content (AvgIpc) is 2.59. The smallest absolute Gasteiger partial charge is 0.0701 e. The zero-order valence-electron chi connectivity index (χ0n) is 8.22. The van der Waals surface area contributed by atoms with Crippen molar-refractivity contribution in [3.63, 3.8) is 0 Å². The first-order valence-corrected chi connectivity index (χ1v) is 6.27. The molecule has 1 nitrogen and oxygen atoms in total. The van der Waals surface area contributed by atoms with Crippen molar-refractivity contribution in [3.8, 4) is 12.3 Å². The van der Waals surface area contributed by atoms with Crippen molar-refractivity contribution in [2.45, 2.75) is 25.8 Å². The molecule has 1 rings (SSSR count). The summed E-state index contributed by atoms with van der Waals surface area (Å²) in [7, 11) is 0. The molecular weight excluding hydrogens is 258 g/mol. The first-order chi connectivity index (χ1) is 6.74. The summed E-state index contributed by atoms with van der Waals surface area (Å²) in [5.74, 6) is 2.64. The van der Waals surface area contributed by atoms with Crippen molar-refractivity contribution in [2.75, 3.05) is 6.54 Å². The van der Waals surface area contributed by atoms with Crippen LogP contribution in [0.2, 0.25) is 0 Å². The molecule has 1 heterocycles. The molecule has 0 saturated carbocycles. The number of hydrogen-bond donors (Lipinski definition) is 1. The molecule has 0 fully saturated rings. The molecule has 0 aliphatic carbocycles. The molecule has 0 aromatic carbocycles. The van der Waals surface area contributed by atoms with Gasteiger partial charge in [-0.3, -0.25) is 0 Å². The predicted octanol–water partition coefficient (Wildman–Crippen LogP) is 3.57. The summed E-state index contributed by atoms with van der Waals surface area (Å²) in [4.78, 5) is 1.36. The Labute approximate surface area is 98.0 Å². The number of hydrogen-bond acceptors (Lipinski definition) is 2. The summed E-state index contributed by atoms with van der Waals surface area (Å²) in [6.07, 6.45) is 7.08. The van der Waals surface area contributed by atoms with Crippen LogP contribution in [0.25, 0.3) is 0 Å². The highest BCUT2D eigenvalue weighted by Crippen LogP contribution is 2.26. The lowest BCUT2D eigenvalue weighted by Gasteiger charge is -2.10. The molecule has 0 radical (unpaired) electrons. The normalized spacial score (nSPS) is 12.4. The third-order valence-corrected chi connectivity index (χ3v) is 3.78. The van der Waals surface area contributed by atoms with Crippen molar-refractivity contribution in [1.29, 1.82) is 0 Å². The van der Waals surface area contributed by atoms with Gasteiger partial charge in [0.05, 0.1) is 3.79 Å². The van der Waals surface area contributed by atoms with E-state index in [1.807, 2.05) is 0 Å². The number of rotatable bonds is 5. The minimum absolute atomic E-state index is 0.420. The van der Waals surface area contributed by atoms with Crippen molar-refractivity contribution in [3.05, 3.63) is 20.8 Å².